The Hall–Kier alpha value is -2.44. The summed E-state index contributed by atoms with van der Waals surface area (Å²) in [4.78, 5) is 19.4. The van der Waals surface area contributed by atoms with E-state index in [1.807, 2.05) is 36.7 Å². The number of benzene rings is 1. The van der Waals surface area contributed by atoms with Gasteiger partial charge in [-0.25, -0.2) is 15.0 Å². The summed E-state index contributed by atoms with van der Waals surface area (Å²) in [5.41, 5.74) is 3.56. The van der Waals surface area contributed by atoms with E-state index in [0.717, 1.165) is 73.6 Å². The number of aryl methyl sites for hydroxylation is 2. The van der Waals surface area contributed by atoms with Gasteiger partial charge < -0.3 is 9.47 Å². The molecule has 2 aromatic heterocycles. The van der Waals surface area contributed by atoms with Gasteiger partial charge in [-0.2, -0.15) is 0 Å². The Bertz CT molecular complexity index is 1040. The summed E-state index contributed by atoms with van der Waals surface area (Å²) >= 11 is 6.23. The third kappa shape index (κ3) is 3.94. The van der Waals surface area contributed by atoms with Crippen LogP contribution in [-0.2, 0) is 26.4 Å². The average Bonchev–Trinajstić information content (AvgIpc) is 3.18. The van der Waals surface area contributed by atoms with Gasteiger partial charge in [0.25, 0.3) is 0 Å². The molecular weight excluding hydrogens is 396 g/mol. The summed E-state index contributed by atoms with van der Waals surface area (Å²) in [6.07, 6.45) is 8.42. The zero-order valence-electron chi connectivity index (χ0n) is 17.4. The van der Waals surface area contributed by atoms with Crippen LogP contribution < -0.4 is 4.90 Å². The number of rotatable bonds is 4. The monoisotopic (exact) mass is 422 g/mol. The number of hydrogen-bond acceptors (Lipinski definition) is 5. The third-order valence-corrected chi connectivity index (χ3v) is 6.44. The minimum atomic E-state index is 0.721. The van der Waals surface area contributed by atoms with Crippen molar-refractivity contribution in [3.63, 3.8) is 0 Å². The van der Waals surface area contributed by atoms with E-state index in [4.69, 9.17) is 21.6 Å². The number of nitrogens with zero attached hydrogens (tertiary/aromatic N) is 6. The van der Waals surface area contributed by atoms with Crippen molar-refractivity contribution < 1.29 is 0 Å². The van der Waals surface area contributed by atoms with Crippen molar-refractivity contribution in [1.82, 2.24) is 24.4 Å². The lowest BCUT2D eigenvalue weighted by molar-refractivity contribution is 0.241. The molecule has 2 aliphatic rings. The molecule has 1 saturated heterocycles. The highest BCUT2D eigenvalue weighted by Gasteiger charge is 2.25. The van der Waals surface area contributed by atoms with Crippen molar-refractivity contribution in [2.45, 2.75) is 32.2 Å². The van der Waals surface area contributed by atoms with E-state index in [1.54, 1.807) is 0 Å². The van der Waals surface area contributed by atoms with Crippen molar-refractivity contribution in [2.75, 3.05) is 31.1 Å². The molecule has 156 valence electrons. The minimum Gasteiger partial charge on any atom is -0.354 e. The molecular formula is C23H27ClN6. The summed E-state index contributed by atoms with van der Waals surface area (Å²) in [6.45, 7) is 4.87. The molecule has 3 heterocycles. The molecule has 7 heteroatoms. The van der Waals surface area contributed by atoms with Crippen LogP contribution in [0.2, 0.25) is 5.02 Å². The lowest BCUT2D eigenvalue weighted by atomic mass is 9.95. The van der Waals surface area contributed by atoms with Crippen LogP contribution in [0.5, 0.6) is 0 Å². The molecule has 5 rings (SSSR count). The molecule has 1 fully saturated rings. The Morgan fingerprint density at radius 2 is 1.87 bits per heavy atom. The van der Waals surface area contributed by atoms with Gasteiger partial charge in [0.2, 0.25) is 0 Å². The highest BCUT2D eigenvalue weighted by Crippen LogP contribution is 2.32. The highest BCUT2D eigenvalue weighted by molar-refractivity contribution is 6.30. The second kappa shape index (κ2) is 8.36. The standard InChI is InChI=1S/C23H27ClN6/c1-28-10-9-25-21(28)16-29-11-13-30(14-12-29)23-19-7-2-3-8-20(19)26-22(27-23)17-5-4-6-18(24)15-17/h4-6,9-10,15H,2-3,7-8,11-14,16H2,1H3. The fourth-order valence-electron chi connectivity index (χ4n) is 4.46. The summed E-state index contributed by atoms with van der Waals surface area (Å²) < 4.78 is 2.10. The molecule has 0 amide bonds. The van der Waals surface area contributed by atoms with Crippen molar-refractivity contribution in [3.8, 4) is 11.4 Å². The molecule has 1 aromatic carbocycles. The molecule has 30 heavy (non-hydrogen) atoms. The number of aromatic nitrogens is 4. The van der Waals surface area contributed by atoms with Gasteiger partial charge >= 0.3 is 0 Å². The first kappa shape index (κ1) is 19.5. The molecule has 1 aliphatic heterocycles. The number of piperazine rings is 1. The van der Waals surface area contributed by atoms with Crippen LogP contribution in [0.15, 0.2) is 36.7 Å². The van der Waals surface area contributed by atoms with Gasteiger partial charge in [-0.05, 0) is 37.8 Å². The maximum atomic E-state index is 6.23. The van der Waals surface area contributed by atoms with Gasteiger partial charge in [0.15, 0.2) is 5.82 Å². The molecule has 0 bridgehead atoms. The van der Waals surface area contributed by atoms with Crippen LogP contribution in [0.25, 0.3) is 11.4 Å². The average molecular weight is 423 g/mol. The summed E-state index contributed by atoms with van der Waals surface area (Å²) in [5.74, 6) is 3.04. The van der Waals surface area contributed by atoms with E-state index in [0.29, 0.717) is 0 Å². The third-order valence-electron chi connectivity index (χ3n) is 6.20. The Balaban J connectivity index is 1.40. The molecule has 1 aliphatic carbocycles. The van der Waals surface area contributed by atoms with Crippen LogP contribution in [-0.4, -0.2) is 50.6 Å². The van der Waals surface area contributed by atoms with Gasteiger partial charge in [0.1, 0.15) is 11.6 Å². The summed E-state index contributed by atoms with van der Waals surface area (Å²) in [5, 5.41) is 0.721. The maximum Gasteiger partial charge on any atom is 0.161 e. The van der Waals surface area contributed by atoms with Gasteiger partial charge in [-0.15, -0.1) is 0 Å². The van der Waals surface area contributed by atoms with Gasteiger partial charge in [-0.1, -0.05) is 23.7 Å². The zero-order valence-corrected chi connectivity index (χ0v) is 18.1. The molecule has 0 N–H and O–H groups in total. The largest absolute Gasteiger partial charge is 0.354 e. The van der Waals surface area contributed by atoms with Gasteiger partial charge in [0.05, 0.1) is 6.54 Å². The first-order valence-electron chi connectivity index (χ1n) is 10.8. The van der Waals surface area contributed by atoms with Crippen LogP contribution >= 0.6 is 11.6 Å². The fraction of sp³-hybridized carbons (Fsp3) is 0.435. The minimum absolute atomic E-state index is 0.721. The first-order chi connectivity index (χ1) is 14.7. The van der Waals surface area contributed by atoms with Crippen molar-refractivity contribution in [1.29, 1.82) is 0 Å². The van der Waals surface area contributed by atoms with E-state index in [1.165, 1.54) is 24.1 Å². The lowest BCUT2D eigenvalue weighted by Crippen LogP contribution is -2.47. The Kier molecular flexibility index (Phi) is 5.44. The number of hydrogen-bond donors (Lipinski definition) is 0. The van der Waals surface area contributed by atoms with Gasteiger partial charge in [0, 0.05) is 67.5 Å². The smallest absolute Gasteiger partial charge is 0.161 e. The number of anilines is 1. The van der Waals surface area contributed by atoms with Crippen molar-refractivity contribution in [2.24, 2.45) is 7.05 Å². The topological polar surface area (TPSA) is 50.1 Å². The van der Waals surface area contributed by atoms with Crippen LogP contribution in [0.3, 0.4) is 0 Å². The zero-order chi connectivity index (χ0) is 20.5. The van der Waals surface area contributed by atoms with Crippen LogP contribution in [0, 0.1) is 0 Å². The van der Waals surface area contributed by atoms with E-state index >= 15 is 0 Å². The van der Waals surface area contributed by atoms with E-state index in [9.17, 15) is 0 Å². The fourth-order valence-corrected chi connectivity index (χ4v) is 4.65. The van der Waals surface area contributed by atoms with Gasteiger partial charge in [-0.3, -0.25) is 4.90 Å². The molecule has 0 saturated carbocycles. The second-order valence-electron chi connectivity index (χ2n) is 8.23. The molecule has 0 radical (unpaired) electrons. The molecule has 6 nitrogen and oxygen atoms in total. The van der Waals surface area contributed by atoms with Crippen molar-refractivity contribution in [3.05, 3.63) is 58.8 Å². The van der Waals surface area contributed by atoms with Crippen molar-refractivity contribution >= 4 is 17.4 Å². The van der Waals surface area contributed by atoms with E-state index in [2.05, 4.69) is 26.4 Å². The molecule has 0 unspecified atom stereocenters. The van der Waals surface area contributed by atoms with Crippen LogP contribution in [0.1, 0.15) is 29.9 Å². The quantitative estimate of drug-likeness (QED) is 0.641. The molecule has 0 atom stereocenters. The van der Waals surface area contributed by atoms with E-state index in [-0.39, 0.29) is 0 Å². The highest BCUT2D eigenvalue weighted by atomic mass is 35.5. The van der Waals surface area contributed by atoms with Crippen LogP contribution in [0.4, 0.5) is 5.82 Å². The Morgan fingerprint density at radius 3 is 2.63 bits per heavy atom. The Morgan fingerprint density at radius 1 is 1.03 bits per heavy atom. The maximum absolute atomic E-state index is 6.23. The number of fused-ring (bicyclic) bond motifs is 1. The first-order valence-corrected chi connectivity index (χ1v) is 11.1. The predicted octanol–water partition coefficient (Wildman–Crippen LogP) is 3.73. The predicted molar refractivity (Wildman–Crippen MR) is 120 cm³/mol. The second-order valence-corrected chi connectivity index (χ2v) is 8.67. The summed E-state index contributed by atoms with van der Waals surface area (Å²) in [7, 11) is 2.06. The lowest BCUT2D eigenvalue weighted by Gasteiger charge is -2.37. The number of imidazole rings is 1. The normalized spacial score (nSPS) is 17.2. The summed E-state index contributed by atoms with van der Waals surface area (Å²) in [6, 6.07) is 7.87. The SMILES string of the molecule is Cn1ccnc1CN1CCN(c2nc(-c3cccc(Cl)c3)nc3c2CCCC3)CC1. The molecule has 0 spiro atoms. The Labute approximate surface area is 182 Å². The van der Waals surface area contributed by atoms with E-state index < -0.39 is 0 Å². The molecule has 3 aromatic rings. The number of halogens is 1.